The summed E-state index contributed by atoms with van der Waals surface area (Å²) in [6, 6.07) is 0. The van der Waals surface area contributed by atoms with Crippen LogP contribution in [0.4, 0.5) is 0 Å². The Kier molecular flexibility index (Phi) is 4.54. The molecule has 0 aromatic rings. The third kappa shape index (κ3) is 3.37. The Balaban J connectivity index is 1.97. The second-order valence-corrected chi connectivity index (χ2v) is 7.84. The Bertz CT molecular complexity index is 636. The van der Waals surface area contributed by atoms with Gasteiger partial charge in [-0.2, -0.15) is 0 Å². The minimum atomic E-state index is -0.658. The van der Waals surface area contributed by atoms with Crippen molar-refractivity contribution in [1.29, 1.82) is 0 Å². The minimum absolute atomic E-state index is 0.103. The van der Waals surface area contributed by atoms with E-state index in [1.807, 2.05) is 6.92 Å². The molecule has 3 rings (SSSR count). The van der Waals surface area contributed by atoms with Crippen LogP contribution in [-0.2, 0) is 23.8 Å². The maximum Gasteiger partial charge on any atom is 0.334 e. The fraction of sp³-hybridized carbons (Fsp3) is 0.684. The van der Waals surface area contributed by atoms with Crippen LogP contribution in [0.5, 0.6) is 0 Å². The molecule has 1 N–H and O–H groups in total. The summed E-state index contributed by atoms with van der Waals surface area (Å²) in [6.07, 6.45) is 0.727. The van der Waals surface area contributed by atoms with Crippen molar-refractivity contribution in [1.82, 2.24) is 0 Å². The zero-order valence-electron chi connectivity index (χ0n) is 15.2. The summed E-state index contributed by atoms with van der Waals surface area (Å²) in [5.41, 5.74) is 0.523. The molecule has 0 radical (unpaired) electrons. The molecule has 6 heteroatoms. The minimum Gasteiger partial charge on any atom is -0.461 e. The summed E-state index contributed by atoms with van der Waals surface area (Å²) in [4.78, 5) is 24.3. The molecule has 1 aliphatic carbocycles. The zero-order valence-corrected chi connectivity index (χ0v) is 15.2. The highest BCUT2D eigenvalue weighted by molar-refractivity contribution is 5.91. The van der Waals surface area contributed by atoms with Crippen LogP contribution in [-0.4, -0.2) is 47.1 Å². The first kappa shape index (κ1) is 18.1. The van der Waals surface area contributed by atoms with Crippen LogP contribution in [0.2, 0.25) is 0 Å². The van der Waals surface area contributed by atoms with Crippen LogP contribution in [0.15, 0.2) is 23.8 Å². The number of carbonyl (C=O) groups is 2. The Morgan fingerprint density at radius 3 is 2.80 bits per heavy atom. The highest BCUT2D eigenvalue weighted by Crippen LogP contribution is 2.47. The molecular formula is C19H26O6. The summed E-state index contributed by atoms with van der Waals surface area (Å²) < 4.78 is 17.0. The number of esters is 2. The molecule has 2 heterocycles. The van der Waals surface area contributed by atoms with Crippen LogP contribution in [0.25, 0.3) is 0 Å². The topological polar surface area (TPSA) is 85.4 Å². The standard InChI is InChI=1S/C19H26O6/c1-9(2)17(21)24-14-8-19(5)15(25-19)7-12(20)10(3)6-13-16(14)11(4)18(22)23-13/h6,9,12-16,20H,4,7-8H2,1-3,5H3/b10-6-/t12?,13-,14?,15+,16+,19+/m1/s1. The van der Waals surface area contributed by atoms with Crippen LogP contribution < -0.4 is 0 Å². The van der Waals surface area contributed by atoms with E-state index in [1.165, 1.54) is 0 Å². The summed E-state index contributed by atoms with van der Waals surface area (Å²) in [6.45, 7) is 11.1. The fourth-order valence-corrected chi connectivity index (χ4v) is 3.63. The SMILES string of the molecule is C=C1C(=O)O[C@@H]2/C=C(/C)C(O)C[C@@H]3O[C@@]3(C)CC(OC(=O)C(C)C)[C@@H]12. The van der Waals surface area contributed by atoms with Crippen LogP contribution >= 0.6 is 0 Å². The van der Waals surface area contributed by atoms with E-state index in [4.69, 9.17) is 14.2 Å². The molecule has 6 atom stereocenters. The Hall–Kier alpha value is -1.66. The van der Waals surface area contributed by atoms with Gasteiger partial charge in [0, 0.05) is 18.4 Å². The van der Waals surface area contributed by atoms with Crippen molar-refractivity contribution < 1.29 is 28.9 Å². The number of carbonyl (C=O) groups excluding carboxylic acids is 2. The largest absolute Gasteiger partial charge is 0.461 e. The van der Waals surface area contributed by atoms with E-state index in [9.17, 15) is 14.7 Å². The molecule has 0 aromatic carbocycles. The molecule has 0 amide bonds. The van der Waals surface area contributed by atoms with Crippen molar-refractivity contribution in [2.75, 3.05) is 0 Å². The van der Waals surface area contributed by atoms with Gasteiger partial charge in [-0.3, -0.25) is 4.79 Å². The van der Waals surface area contributed by atoms with Gasteiger partial charge < -0.3 is 19.3 Å². The lowest BCUT2D eigenvalue weighted by Crippen LogP contribution is -2.38. The molecule has 3 aliphatic rings. The smallest absolute Gasteiger partial charge is 0.334 e. The molecule has 0 saturated carbocycles. The van der Waals surface area contributed by atoms with Gasteiger partial charge in [0.05, 0.1) is 29.6 Å². The number of epoxide rings is 1. The van der Waals surface area contributed by atoms with E-state index in [1.54, 1.807) is 26.8 Å². The lowest BCUT2D eigenvalue weighted by molar-refractivity contribution is -0.157. The van der Waals surface area contributed by atoms with Gasteiger partial charge >= 0.3 is 11.9 Å². The maximum absolute atomic E-state index is 12.2. The van der Waals surface area contributed by atoms with E-state index in [0.717, 1.165) is 0 Å². The Labute approximate surface area is 147 Å². The first-order valence-corrected chi connectivity index (χ1v) is 8.77. The molecule has 0 spiro atoms. The van der Waals surface area contributed by atoms with Crippen molar-refractivity contribution in [2.24, 2.45) is 11.8 Å². The summed E-state index contributed by atoms with van der Waals surface area (Å²) in [5, 5.41) is 10.4. The summed E-state index contributed by atoms with van der Waals surface area (Å²) in [7, 11) is 0. The molecule has 2 unspecified atom stereocenters. The van der Waals surface area contributed by atoms with Gasteiger partial charge in [-0.15, -0.1) is 0 Å². The molecule has 25 heavy (non-hydrogen) atoms. The normalized spacial score (nSPS) is 42.8. The van der Waals surface area contributed by atoms with Gasteiger partial charge in [-0.1, -0.05) is 20.4 Å². The zero-order chi connectivity index (χ0) is 18.5. The predicted molar refractivity (Wildman–Crippen MR) is 89.5 cm³/mol. The fourth-order valence-electron chi connectivity index (χ4n) is 3.63. The molecule has 2 saturated heterocycles. The average molecular weight is 350 g/mol. The third-order valence-corrected chi connectivity index (χ3v) is 5.43. The van der Waals surface area contributed by atoms with Crippen molar-refractivity contribution >= 4 is 11.9 Å². The molecule has 138 valence electrons. The number of aliphatic hydroxyl groups excluding tert-OH is 1. The number of fused-ring (bicyclic) bond motifs is 2. The van der Waals surface area contributed by atoms with Gasteiger partial charge in [0.15, 0.2) is 0 Å². The highest BCUT2D eigenvalue weighted by atomic mass is 16.6. The maximum atomic E-state index is 12.2. The Morgan fingerprint density at radius 1 is 1.48 bits per heavy atom. The van der Waals surface area contributed by atoms with E-state index in [2.05, 4.69) is 6.58 Å². The number of ether oxygens (including phenoxy) is 3. The van der Waals surface area contributed by atoms with Gasteiger partial charge in [0.1, 0.15) is 12.2 Å². The first-order valence-electron chi connectivity index (χ1n) is 8.77. The van der Waals surface area contributed by atoms with E-state index in [-0.39, 0.29) is 18.0 Å². The predicted octanol–water partition coefficient (Wildman–Crippen LogP) is 1.91. The molecule has 2 aliphatic heterocycles. The van der Waals surface area contributed by atoms with E-state index in [0.29, 0.717) is 24.0 Å². The highest BCUT2D eigenvalue weighted by Gasteiger charge is 2.57. The van der Waals surface area contributed by atoms with Crippen molar-refractivity contribution in [3.8, 4) is 0 Å². The van der Waals surface area contributed by atoms with Crippen LogP contribution in [0.1, 0.15) is 40.5 Å². The van der Waals surface area contributed by atoms with E-state index < -0.39 is 35.8 Å². The van der Waals surface area contributed by atoms with Crippen molar-refractivity contribution in [3.05, 3.63) is 23.8 Å². The monoisotopic (exact) mass is 350 g/mol. The Morgan fingerprint density at radius 2 is 2.16 bits per heavy atom. The van der Waals surface area contributed by atoms with Gasteiger partial charge in [0.2, 0.25) is 0 Å². The third-order valence-electron chi connectivity index (χ3n) is 5.43. The molecule has 6 nitrogen and oxygen atoms in total. The molecule has 0 aromatic heterocycles. The average Bonchev–Trinajstić information content (AvgIpc) is 3.04. The molecule has 2 fully saturated rings. The van der Waals surface area contributed by atoms with Gasteiger partial charge in [-0.05, 0) is 25.5 Å². The van der Waals surface area contributed by atoms with Gasteiger partial charge in [-0.25, -0.2) is 4.79 Å². The number of hydrogen-bond acceptors (Lipinski definition) is 6. The quantitative estimate of drug-likeness (QED) is 0.354. The number of rotatable bonds is 2. The number of aliphatic hydroxyl groups is 1. The summed E-state index contributed by atoms with van der Waals surface area (Å²) in [5.74, 6) is -1.56. The van der Waals surface area contributed by atoms with Crippen molar-refractivity contribution in [3.63, 3.8) is 0 Å². The van der Waals surface area contributed by atoms with Crippen molar-refractivity contribution in [2.45, 2.75) is 70.6 Å². The number of hydrogen-bond donors (Lipinski definition) is 1. The lowest BCUT2D eigenvalue weighted by atomic mass is 9.82. The molecule has 0 bridgehead atoms. The first-order chi connectivity index (χ1) is 11.6. The molecular weight excluding hydrogens is 324 g/mol. The van der Waals surface area contributed by atoms with Crippen LogP contribution in [0.3, 0.4) is 0 Å². The summed E-state index contributed by atoms with van der Waals surface area (Å²) >= 11 is 0. The van der Waals surface area contributed by atoms with Gasteiger partial charge in [0.25, 0.3) is 0 Å². The van der Waals surface area contributed by atoms with E-state index >= 15 is 0 Å². The second kappa shape index (κ2) is 6.25. The van der Waals surface area contributed by atoms with Crippen LogP contribution in [0, 0.1) is 11.8 Å². The lowest BCUT2D eigenvalue weighted by Gasteiger charge is -2.29. The second-order valence-electron chi connectivity index (χ2n) is 7.84.